The first kappa shape index (κ1) is 56.1. The highest BCUT2D eigenvalue weighted by Crippen LogP contribution is 2.41. The molecular formula is C52H62N10O12S2. The highest BCUT2D eigenvalue weighted by Gasteiger charge is 2.39. The number of alkyl carbamates (subject to hydrolysis) is 1. The van der Waals surface area contributed by atoms with E-state index in [4.69, 9.17) is 28.9 Å². The summed E-state index contributed by atoms with van der Waals surface area (Å²) in [5, 5.41) is 32.2. The van der Waals surface area contributed by atoms with Crippen molar-refractivity contribution in [2.75, 3.05) is 41.0 Å². The molecule has 6 aromatic rings. The number of aromatic nitrogens is 2. The quantitative estimate of drug-likeness (QED) is 0.0422. The number of carboxylic acid groups (broad SMARTS) is 1. The van der Waals surface area contributed by atoms with Crippen molar-refractivity contribution in [1.29, 1.82) is 0 Å². The number of rotatable bonds is 19. The van der Waals surface area contributed by atoms with Crippen LogP contribution in [0.4, 0.5) is 15.3 Å². The van der Waals surface area contributed by atoms with E-state index >= 15 is 16.8 Å². The van der Waals surface area contributed by atoms with Crippen molar-refractivity contribution in [2.24, 2.45) is 15.3 Å². The Morgan fingerprint density at radius 3 is 2.01 bits per heavy atom. The number of fused-ring (bicyclic) bond motifs is 3. The van der Waals surface area contributed by atoms with Gasteiger partial charge in [-0.1, -0.05) is 53.8 Å². The number of hydrogen-bond donors (Lipinski definition) is 6. The van der Waals surface area contributed by atoms with E-state index < -0.39 is 72.4 Å². The summed E-state index contributed by atoms with van der Waals surface area (Å²) < 4.78 is 88.6. The first-order valence-electron chi connectivity index (χ1n) is 23.9. The highest BCUT2D eigenvalue weighted by atomic mass is 32.2. The van der Waals surface area contributed by atoms with Gasteiger partial charge in [0.05, 0.1) is 45.5 Å². The number of nitrogens with zero attached hydrogens (tertiary/aromatic N) is 6. The molecule has 0 saturated carbocycles. The van der Waals surface area contributed by atoms with Gasteiger partial charge >= 0.3 is 12.2 Å². The number of aliphatic imine (C=N–C) groups is 1. The first-order chi connectivity index (χ1) is 36.0. The van der Waals surface area contributed by atoms with Crippen molar-refractivity contribution in [3.05, 3.63) is 125 Å². The van der Waals surface area contributed by atoms with Gasteiger partial charge in [0.25, 0.3) is 0 Å². The average Bonchev–Trinajstić information content (AvgIpc) is 3.89. The van der Waals surface area contributed by atoms with Crippen molar-refractivity contribution < 1.29 is 55.6 Å². The number of H-pyrrole nitrogens is 1. The monoisotopic (exact) mass is 1080 g/mol. The van der Waals surface area contributed by atoms with Gasteiger partial charge in [-0.15, -0.1) is 0 Å². The fourth-order valence-corrected chi connectivity index (χ4v) is 11.9. The molecule has 2 amide bonds. The molecule has 76 heavy (non-hydrogen) atoms. The number of para-hydroxylation sites is 1. The summed E-state index contributed by atoms with van der Waals surface area (Å²) in [6.45, 7) is 8.21. The molecule has 2 bridgehead atoms. The molecule has 0 saturated heterocycles. The van der Waals surface area contributed by atoms with Crippen molar-refractivity contribution in [3.8, 4) is 28.4 Å². The molecule has 7 rings (SSSR count). The minimum absolute atomic E-state index is 0.0680. The minimum atomic E-state index is -5.13. The zero-order valence-electron chi connectivity index (χ0n) is 43.5. The summed E-state index contributed by atoms with van der Waals surface area (Å²) >= 11 is 0. The van der Waals surface area contributed by atoms with Crippen molar-refractivity contribution in [3.63, 3.8) is 0 Å². The van der Waals surface area contributed by atoms with E-state index in [9.17, 15) is 19.8 Å². The molecule has 0 spiro atoms. The van der Waals surface area contributed by atoms with E-state index in [0.717, 1.165) is 15.3 Å². The Kier molecular flexibility index (Phi) is 17.0. The lowest BCUT2D eigenvalue weighted by Gasteiger charge is -2.37. The van der Waals surface area contributed by atoms with E-state index in [1.807, 2.05) is 0 Å². The van der Waals surface area contributed by atoms with Gasteiger partial charge in [-0.25, -0.2) is 46.5 Å². The van der Waals surface area contributed by atoms with Crippen molar-refractivity contribution in [2.45, 2.75) is 88.1 Å². The van der Waals surface area contributed by atoms with Crippen LogP contribution in [0.5, 0.6) is 17.2 Å². The third-order valence-electron chi connectivity index (χ3n) is 11.9. The zero-order valence-corrected chi connectivity index (χ0v) is 45.2. The number of imidazole rings is 1. The molecule has 2 heterocycles. The second-order valence-corrected chi connectivity index (χ2v) is 23.0. The highest BCUT2D eigenvalue weighted by molar-refractivity contribution is 7.92. The Morgan fingerprint density at radius 2 is 1.45 bits per heavy atom. The number of aliphatic hydroxyl groups is 1. The van der Waals surface area contributed by atoms with Gasteiger partial charge in [0, 0.05) is 42.8 Å². The summed E-state index contributed by atoms with van der Waals surface area (Å²) in [6, 6.07) is 24.9. The number of nitrogens with one attached hydrogen (secondary N) is 4. The number of amidine groups is 1. The Hall–Kier alpha value is -7.64. The lowest BCUT2D eigenvalue weighted by Crippen LogP contribution is -2.48. The van der Waals surface area contributed by atoms with E-state index in [2.05, 4.69) is 30.8 Å². The standard InChI is InChI=1S/C52H62N10O12S2/c1-51(2,3)62(50(65)66)41(31-63)47-56-39-12-10-11-38(45(39)58-47)37-22-24-43(75(67,68)55-26-25-53-49(64)74-52(4,5)6)46(44(37)48-57-40-27-34(28-54-60-59-48)17-23-42(40)73-9)76(69,70)61(29-32-13-18-35(71-7)19-14-32)30-33-15-20-36(72-8)21-16-33/h10-24,27,41,55,63H,25-26,28-31H2,1-9H3,(H,53,64)(H,56,58)(H,65,66)(H,54,57,59)/t41-/m1/s1. The lowest BCUT2D eigenvalue weighted by molar-refractivity contribution is 0.0428. The summed E-state index contributed by atoms with van der Waals surface area (Å²) in [6.07, 6.45) is -2.12. The average molecular weight is 1080 g/mol. The number of benzene rings is 5. The van der Waals surface area contributed by atoms with Gasteiger partial charge in [-0.3, -0.25) is 4.90 Å². The van der Waals surface area contributed by atoms with Crippen molar-refractivity contribution >= 4 is 54.8 Å². The van der Waals surface area contributed by atoms with Gasteiger partial charge in [0.1, 0.15) is 50.2 Å². The number of methoxy groups -OCH3 is 3. The molecule has 24 heteroatoms. The second kappa shape index (κ2) is 23.1. The summed E-state index contributed by atoms with van der Waals surface area (Å²) in [7, 11) is -5.59. The number of sulfonamides is 2. The maximum atomic E-state index is 16.4. The van der Waals surface area contributed by atoms with Crippen LogP contribution in [0.3, 0.4) is 0 Å². The predicted molar refractivity (Wildman–Crippen MR) is 284 cm³/mol. The van der Waals surface area contributed by atoms with Crippen LogP contribution in [-0.4, -0.2) is 116 Å². The van der Waals surface area contributed by atoms with Crippen molar-refractivity contribution in [1.82, 2.24) is 34.6 Å². The Bertz CT molecular complexity index is 3320. The van der Waals surface area contributed by atoms with Crippen LogP contribution in [-0.2, 0) is 44.4 Å². The molecular weight excluding hydrogens is 1020 g/mol. The summed E-state index contributed by atoms with van der Waals surface area (Å²) in [5.74, 6) is 1.08. The van der Waals surface area contributed by atoms with Crippen LogP contribution in [0, 0.1) is 0 Å². The molecule has 0 aliphatic carbocycles. The number of amides is 2. The molecule has 22 nitrogen and oxygen atoms in total. The number of hydrogen-bond acceptors (Lipinski definition) is 16. The fraction of sp³-hybridized carbons (Fsp3) is 0.346. The van der Waals surface area contributed by atoms with Gasteiger partial charge in [-0.2, -0.15) is 9.42 Å². The van der Waals surface area contributed by atoms with E-state index in [1.54, 1.807) is 126 Å². The normalized spacial score (nSPS) is 13.4. The van der Waals surface area contributed by atoms with E-state index in [0.29, 0.717) is 33.7 Å². The molecule has 1 atom stereocenters. The summed E-state index contributed by atoms with van der Waals surface area (Å²) in [4.78, 5) is 38.0. The zero-order chi connectivity index (χ0) is 55.2. The third kappa shape index (κ3) is 12.9. The van der Waals surface area contributed by atoms with Crippen LogP contribution in [0.2, 0.25) is 0 Å². The maximum absolute atomic E-state index is 16.4. The van der Waals surface area contributed by atoms with E-state index in [-0.39, 0.29) is 71.5 Å². The largest absolute Gasteiger partial charge is 0.497 e. The maximum Gasteiger partial charge on any atom is 0.408 e. The van der Waals surface area contributed by atoms with Crippen LogP contribution < -0.4 is 29.7 Å². The molecule has 1 aromatic heterocycles. The lowest BCUT2D eigenvalue weighted by atomic mass is 9.97. The van der Waals surface area contributed by atoms with Crippen LogP contribution >= 0.6 is 0 Å². The number of aliphatic hydroxyl groups excluding tert-OH is 1. The van der Waals surface area contributed by atoms with Gasteiger partial charge in [-0.05, 0) is 112 Å². The van der Waals surface area contributed by atoms with E-state index in [1.165, 1.54) is 27.4 Å². The molecule has 1 aliphatic rings. The molecule has 0 radical (unpaired) electrons. The Morgan fingerprint density at radius 1 is 0.803 bits per heavy atom. The topological polar surface area (TPSA) is 288 Å². The molecule has 0 fully saturated rings. The second-order valence-electron chi connectivity index (χ2n) is 19.4. The fourth-order valence-electron chi connectivity index (χ4n) is 8.44. The number of aromatic amines is 1. The molecule has 404 valence electrons. The predicted octanol–water partition coefficient (Wildman–Crippen LogP) is 7.81. The molecule has 1 aliphatic heterocycles. The van der Waals surface area contributed by atoms with Crippen LogP contribution in [0.25, 0.3) is 22.2 Å². The van der Waals surface area contributed by atoms with Gasteiger partial charge < -0.3 is 39.5 Å². The van der Waals surface area contributed by atoms with Crippen LogP contribution in [0.1, 0.15) is 75.7 Å². The Labute approximate surface area is 441 Å². The summed E-state index contributed by atoms with van der Waals surface area (Å²) in [5.41, 5.74) is 3.46. The molecule has 6 N–H and O–H groups in total. The van der Waals surface area contributed by atoms with Gasteiger partial charge in [0.2, 0.25) is 20.0 Å². The number of carbonyl (C=O) groups is 2. The number of carbonyl (C=O) groups excluding carboxylic acids is 1. The minimum Gasteiger partial charge on any atom is -0.497 e. The van der Waals surface area contributed by atoms with Gasteiger partial charge in [0.15, 0.2) is 5.84 Å². The SMILES string of the molecule is COc1ccc(CN(Cc2ccc(OC)cc2)S(=O)(=O)c2c(S(=O)(=O)NCCNC(=O)OC(C)(C)C)ccc(-c3cccc4[nH]c([C@@H](CO)N(C(=O)O)C(C)(C)C)nc34)c2C2=Nc3cc(ccc3OC)CN=NN2)cc1. The van der Waals surface area contributed by atoms with Crippen LogP contribution in [0.15, 0.2) is 122 Å². The molecule has 0 unspecified atom stereocenters. The molecule has 5 aromatic carbocycles. The number of ether oxygens (including phenoxy) is 4. The third-order valence-corrected chi connectivity index (χ3v) is 15.4. The first-order valence-corrected chi connectivity index (χ1v) is 26.8. The Balaban J connectivity index is 1.57. The smallest absolute Gasteiger partial charge is 0.408 e.